The molecule has 2 heterocycles. The Hall–Kier alpha value is -0.910. The van der Waals surface area contributed by atoms with E-state index in [0.717, 1.165) is 22.8 Å². The summed E-state index contributed by atoms with van der Waals surface area (Å²) in [5.74, 6) is 2.04. The highest BCUT2D eigenvalue weighted by Gasteiger charge is 2.16. The number of benzene rings is 1. The molecular formula is C12H8ClFN2S2. The lowest BCUT2D eigenvalue weighted by Crippen LogP contribution is -1.97. The molecule has 92 valence electrons. The van der Waals surface area contributed by atoms with E-state index in [2.05, 4.69) is 9.97 Å². The Morgan fingerprint density at radius 2 is 2.22 bits per heavy atom. The summed E-state index contributed by atoms with van der Waals surface area (Å²) >= 11 is 13.1. The quantitative estimate of drug-likeness (QED) is 0.794. The largest absolute Gasteiger partial charge is 0.342 e. The van der Waals surface area contributed by atoms with Crippen molar-refractivity contribution in [3.63, 3.8) is 0 Å². The molecule has 0 radical (unpaired) electrons. The Labute approximate surface area is 118 Å². The molecular weight excluding hydrogens is 291 g/mol. The van der Waals surface area contributed by atoms with Crippen molar-refractivity contribution in [3.8, 4) is 11.4 Å². The minimum Gasteiger partial charge on any atom is -0.342 e. The van der Waals surface area contributed by atoms with Crippen molar-refractivity contribution in [3.05, 3.63) is 44.9 Å². The predicted molar refractivity (Wildman–Crippen MR) is 74.8 cm³/mol. The van der Waals surface area contributed by atoms with Gasteiger partial charge in [0.25, 0.3) is 0 Å². The maximum Gasteiger partial charge on any atom is 0.140 e. The third-order valence-corrected chi connectivity index (χ3v) is 4.42. The van der Waals surface area contributed by atoms with E-state index in [0.29, 0.717) is 21.1 Å². The van der Waals surface area contributed by atoms with Gasteiger partial charge in [-0.3, -0.25) is 0 Å². The Morgan fingerprint density at radius 1 is 1.39 bits per heavy atom. The molecule has 2 aromatic rings. The molecule has 0 spiro atoms. The van der Waals surface area contributed by atoms with Gasteiger partial charge in [0.1, 0.15) is 16.3 Å². The molecule has 0 fully saturated rings. The van der Waals surface area contributed by atoms with Gasteiger partial charge in [0.05, 0.1) is 5.02 Å². The van der Waals surface area contributed by atoms with Crippen molar-refractivity contribution < 1.29 is 4.39 Å². The number of nitrogens with zero attached hydrogens (tertiary/aromatic N) is 1. The van der Waals surface area contributed by atoms with Gasteiger partial charge in [-0.15, -0.1) is 0 Å². The summed E-state index contributed by atoms with van der Waals surface area (Å²) in [6, 6.07) is 4.25. The zero-order valence-corrected chi connectivity index (χ0v) is 11.6. The number of halogens is 2. The van der Waals surface area contributed by atoms with Crippen LogP contribution < -0.4 is 0 Å². The van der Waals surface area contributed by atoms with Crippen LogP contribution in [0.3, 0.4) is 0 Å². The summed E-state index contributed by atoms with van der Waals surface area (Å²) in [4.78, 5) is 7.58. The third kappa shape index (κ3) is 2.06. The van der Waals surface area contributed by atoms with Crippen LogP contribution in [-0.4, -0.2) is 9.97 Å². The van der Waals surface area contributed by atoms with Gasteiger partial charge in [0, 0.05) is 28.3 Å². The smallest absolute Gasteiger partial charge is 0.140 e. The molecule has 0 saturated heterocycles. The van der Waals surface area contributed by atoms with Crippen LogP contribution in [0.15, 0.2) is 18.2 Å². The van der Waals surface area contributed by atoms with Crippen LogP contribution in [0.25, 0.3) is 11.4 Å². The number of thioether (sulfide) groups is 1. The topological polar surface area (TPSA) is 28.7 Å². The fourth-order valence-corrected chi connectivity index (χ4v) is 3.58. The van der Waals surface area contributed by atoms with E-state index in [1.165, 1.54) is 12.1 Å². The van der Waals surface area contributed by atoms with Crippen LogP contribution in [0, 0.1) is 10.5 Å². The van der Waals surface area contributed by atoms with E-state index in [4.69, 9.17) is 23.8 Å². The Kier molecular flexibility index (Phi) is 3.13. The van der Waals surface area contributed by atoms with Gasteiger partial charge in [-0.05, 0) is 18.2 Å². The van der Waals surface area contributed by atoms with Crippen molar-refractivity contribution in [2.45, 2.75) is 11.5 Å². The first-order valence-electron chi connectivity index (χ1n) is 5.30. The molecule has 0 unspecified atom stereocenters. The number of H-pyrrole nitrogens is 1. The lowest BCUT2D eigenvalue weighted by molar-refractivity contribution is 0.628. The van der Waals surface area contributed by atoms with Gasteiger partial charge in [-0.2, -0.15) is 11.8 Å². The predicted octanol–water partition coefficient (Wildman–Crippen LogP) is 4.35. The standard InChI is InChI=1S/C12H8ClFN2S2/c13-9-3-6(14)1-2-7(9)11-15-10-5-18-4-8(10)12(17)16-11/h1-3H,4-5H2,(H,15,16,17). The molecule has 0 saturated carbocycles. The number of fused-ring (bicyclic) bond motifs is 1. The second-order valence-electron chi connectivity index (χ2n) is 3.96. The maximum absolute atomic E-state index is 13.0. The van der Waals surface area contributed by atoms with E-state index in [1.807, 2.05) is 0 Å². The lowest BCUT2D eigenvalue weighted by Gasteiger charge is -2.07. The van der Waals surface area contributed by atoms with Crippen LogP contribution in [0.1, 0.15) is 11.3 Å². The summed E-state index contributed by atoms with van der Waals surface area (Å²) in [6.45, 7) is 0. The summed E-state index contributed by atoms with van der Waals surface area (Å²) in [7, 11) is 0. The average molecular weight is 299 g/mol. The molecule has 1 aliphatic heterocycles. The molecule has 3 rings (SSSR count). The molecule has 18 heavy (non-hydrogen) atoms. The van der Waals surface area contributed by atoms with Crippen molar-refractivity contribution in [2.24, 2.45) is 0 Å². The zero-order chi connectivity index (χ0) is 12.7. The van der Waals surface area contributed by atoms with Gasteiger partial charge in [-0.25, -0.2) is 9.37 Å². The summed E-state index contributed by atoms with van der Waals surface area (Å²) in [5.41, 5.74) is 2.86. The first kappa shape index (κ1) is 12.1. The Morgan fingerprint density at radius 3 is 3.00 bits per heavy atom. The van der Waals surface area contributed by atoms with E-state index < -0.39 is 0 Å². The monoisotopic (exact) mass is 298 g/mol. The van der Waals surface area contributed by atoms with Crippen LogP contribution in [0.2, 0.25) is 5.02 Å². The molecule has 2 nitrogen and oxygen atoms in total. The molecule has 1 aromatic carbocycles. The second-order valence-corrected chi connectivity index (χ2v) is 5.74. The van der Waals surface area contributed by atoms with Crippen molar-refractivity contribution in [2.75, 3.05) is 0 Å². The van der Waals surface area contributed by atoms with E-state index in [-0.39, 0.29) is 5.82 Å². The zero-order valence-electron chi connectivity index (χ0n) is 9.17. The van der Waals surface area contributed by atoms with Gasteiger partial charge >= 0.3 is 0 Å². The van der Waals surface area contributed by atoms with Crippen LogP contribution in [0.4, 0.5) is 4.39 Å². The molecule has 6 heteroatoms. The summed E-state index contributed by atoms with van der Waals surface area (Å²) in [5, 5.41) is 0.332. The molecule has 0 aliphatic carbocycles. The molecule has 0 atom stereocenters. The van der Waals surface area contributed by atoms with Gasteiger partial charge in [0.15, 0.2) is 0 Å². The van der Waals surface area contributed by atoms with Crippen LogP contribution in [-0.2, 0) is 11.5 Å². The lowest BCUT2D eigenvalue weighted by atomic mass is 10.2. The minimum absolute atomic E-state index is 0.332. The first-order chi connectivity index (χ1) is 8.65. The Balaban J connectivity index is 2.18. The third-order valence-electron chi connectivity index (χ3n) is 2.78. The van der Waals surface area contributed by atoms with Gasteiger partial charge < -0.3 is 4.98 Å². The average Bonchev–Trinajstić information content (AvgIpc) is 2.77. The van der Waals surface area contributed by atoms with E-state index in [9.17, 15) is 4.39 Å². The minimum atomic E-state index is -0.362. The van der Waals surface area contributed by atoms with Crippen LogP contribution in [0.5, 0.6) is 0 Å². The van der Waals surface area contributed by atoms with Gasteiger partial charge in [0.2, 0.25) is 0 Å². The van der Waals surface area contributed by atoms with Crippen molar-refractivity contribution in [1.29, 1.82) is 0 Å². The van der Waals surface area contributed by atoms with Crippen LogP contribution >= 0.6 is 35.6 Å². The molecule has 1 N–H and O–H groups in total. The molecule has 0 amide bonds. The number of hydrogen-bond donors (Lipinski definition) is 1. The number of aromatic amines is 1. The number of aromatic nitrogens is 2. The highest BCUT2D eigenvalue weighted by molar-refractivity contribution is 7.98. The SMILES string of the molecule is Fc1ccc(-c2nc(=S)c3c([nH]2)CSC3)c(Cl)c1. The maximum atomic E-state index is 13.0. The van der Waals surface area contributed by atoms with Crippen molar-refractivity contribution >= 4 is 35.6 Å². The second kappa shape index (κ2) is 4.64. The number of rotatable bonds is 1. The highest BCUT2D eigenvalue weighted by Crippen LogP contribution is 2.32. The number of hydrogen-bond acceptors (Lipinski definition) is 3. The first-order valence-corrected chi connectivity index (χ1v) is 7.24. The van der Waals surface area contributed by atoms with E-state index in [1.54, 1.807) is 17.8 Å². The fourth-order valence-electron chi connectivity index (χ4n) is 1.88. The molecule has 1 aliphatic rings. The normalized spacial score (nSPS) is 13.7. The van der Waals surface area contributed by atoms with Gasteiger partial charge in [-0.1, -0.05) is 23.8 Å². The summed E-state index contributed by atoms with van der Waals surface area (Å²) in [6.07, 6.45) is 0. The molecule has 1 aromatic heterocycles. The Bertz CT molecular complexity index is 684. The van der Waals surface area contributed by atoms with E-state index >= 15 is 0 Å². The molecule has 0 bridgehead atoms. The van der Waals surface area contributed by atoms with Crippen molar-refractivity contribution in [1.82, 2.24) is 9.97 Å². The number of nitrogens with one attached hydrogen (secondary N) is 1. The fraction of sp³-hybridized carbons (Fsp3) is 0.167. The highest BCUT2D eigenvalue weighted by atomic mass is 35.5. The summed E-state index contributed by atoms with van der Waals surface area (Å²) < 4.78 is 13.6.